The minimum atomic E-state index is -0.279. The van der Waals surface area contributed by atoms with Gasteiger partial charge in [-0.05, 0) is 60.9 Å². The van der Waals surface area contributed by atoms with Crippen molar-refractivity contribution in [1.29, 1.82) is 0 Å². The number of pyridine rings is 1. The summed E-state index contributed by atoms with van der Waals surface area (Å²) in [5.41, 5.74) is 5.42. The lowest BCUT2D eigenvalue weighted by molar-refractivity contribution is -0.115. The molecule has 2 heterocycles. The molecule has 0 unspecified atom stereocenters. The predicted molar refractivity (Wildman–Crippen MR) is 134 cm³/mol. The SMILES string of the molecule is Cc1nc2ccccc2c(C)c1CC(=O)Nc1ccccc1C(=O)NCc1ccc2c(c1)OCO2. The van der Waals surface area contributed by atoms with Crippen molar-refractivity contribution in [2.75, 3.05) is 12.1 Å². The minimum absolute atomic E-state index is 0.169. The fraction of sp³-hybridized carbons (Fsp3) is 0.179. The number of aromatic nitrogens is 1. The lowest BCUT2D eigenvalue weighted by Crippen LogP contribution is -2.25. The zero-order chi connectivity index (χ0) is 24.4. The van der Waals surface area contributed by atoms with Gasteiger partial charge in [-0.15, -0.1) is 0 Å². The Bertz CT molecular complexity index is 1450. The van der Waals surface area contributed by atoms with Gasteiger partial charge in [0.2, 0.25) is 12.7 Å². The van der Waals surface area contributed by atoms with Crippen molar-refractivity contribution in [3.05, 3.63) is 94.7 Å². The molecule has 4 aromatic rings. The van der Waals surface area contributed by atoms with Crippen molar-refractivity contribution >= 4 is 28.4 Å². The van der Waals surface area contributed by atoms with E-state index in [0.717, 1.165) is 33.3 Å². The van der Waals surface area contributed by atoms with Gasteiger partial charge in [0.1, 0.15) is 0 Å². The standard InChI is InChI=1S/C28H25N3O4/c1-17-20-7-3-5-9-23(20)30-18(2)22(17)14-27(32)31-24-10-6-4-8-21(24)28(33)29-15-19-11-12-25-26(13-19)35-16-34-25/h3-13H,14-16H2,1-2H3,(H,29,33)(H,31,32). The number of carbonyl (C=O) groups excluding carboxylic acids is 2. The number of carbonyl (C=O) groups is 2. The van der Waals surface area contributed by atoms with Crippen LogP contribution in [0.3, 0.4) is 0 Å². The topological polar surface area (TPSA) is 89.6 Å². The van der Waals surface area contributed by atoms with E-state index in [9.17, 15) is 9.59 Å². The number of hydrogen-bond acceptors (Lipinski definition) is 5. The van der Waals surface area contributed by atoms with Crippen LogP contribution in [0.1, 0.15) is 32.7 Å². The van der Waals surface area contributed by atoms with E-state index in [2.05, 4.69) is 15.6 Å². The quantitative estimate of drug-likeness (QED) is 0.429. The van der Waals surface area contributed by atoms with E-state index in [1.165, 1.54) is 0 Å². The van der Waals surface area contributed by atoms with Gasteiger partial charge in [0.15, 0.2) is 11.5 Å². The van der Waals surface area contributed by atoms with Gasteiger partial charge >= 0.3 is 0 Å². The van der Waals surface area contributed by atoms with Crippen LogP contribution in [0, 0.1) is 13.8 Å². The van der Waals surface area contributed by atoms with Crippen LogP contribution in [0.25, 0.3) is 10.9 Å². The van der Waals surface area contributed by atoms with Gasteiger partial charge < -0.3 is 20.1 Å². The molecule has 0 radical (unpaired) electrons. The second-order valence-electron chi connectivity index (χ2n) is 8.46. The third kappa shape index (κ3) is 4.66. The van der Waals surface area contributed by atoms with E-state index in [-0.39, 0.29) is 25.0 Å². The van der Waals surface area contributed by atoms with Crippen molar-refractivity contribution in [3.63, 3.8) is 0 Å². The summed E-state index contributed by atoms with van der Waals surface area (Å²) >= 11 is 0. The van der Waals surface area contributed by atoms with E-state index in [0.29, 0.717) is 29.3 Å². The van der Waals surface area contributed by atoms with E-state index >= 15 is 0 Å². The van der Waals surface area contributed by atoms with Gasteiger partial charge in [-0.3, -0.25) is 14.6 Å². The maximum Gasteiger partial charge on any atom is 0.253 e. The summed E-state index contributed by atoms with van der Waals surface area (Å²) in [7, 11) is 0. The Labute approximate surface area is 203 Å². The van der Waals surface area contributed by atoms with Crippen molar-refractivity contribution < 1.29 is 19.1 Å². The second kappa shape index (κ2) is 9.46. The number of benzene rings is 3. The molecule has 0 spiro atoms. The van der Waals surface area contributed by atoms with E-state index in [1.807, 2.05) is 56.3 Å². The monoisotopic (exact) mass is 467 g/mol. The maximum absolute atomic E-state index is 13.0. The molecule has 2 N–H and O–H groups in total. The number of ether oxygens (including phenoxy) is 2. The lowest BCUT2D eigenvalue weighted by atomic mass is 9.99. The van der Waals surface area contributed by atoms with Gasteiger partial charge in [-0.2, -0.15) is 0 Å². The first-order chi connectivity index (χ1) is 17.0. The van der Waals surface area contributed by atoms with Gasteiger partial charge in [0.25, 0.3) is 5.91 Å². The number of nitrogens with zero attached hydrogens (tertiary/aromatic N) is 1. The normalized spacial score (nSPS) is 11.9. The second-order valence-corrected chi connectivity index (χ2v) is 8.46. The van der Waals surface area contributed by atoms with Crippen LogP contribution in [-0.2, 0) is 17.8 Å². The molecule has 0 bridgehead atoms. The van der Waals surface area contributed by atoms with Gasteiger partial charge in [-0.25, -0.2) is 0 Å². The number of amides is 2. The Kier molecular flexibility index (Phi) is 6.06. The summed E-state index contributed by atoms with van der Waals surface area (Å²) in [6, 6.07) is 20.4. The molecular weight excluding hydrogens is 442 g/mol. The zero-order valence-electron chi connectivity index (χ0n) is 19.6. The molecule has 1 aromatic heterocycles. The Morgan fingerprint density at radius 2 is 1.71 bits per heavy atom. The number of hydrogen-bond donors (Lipinski definition) is 2. The molecule has 1 aliphatic heterocycles. The summed E-state index contributed by atoms with van der Waals surface area (Å²) < 4.78 is 10.7. The number of fused-ring (bicyclic) bond motifs is 2. The third-order valence-corrected chi connectivity index (χ3v) is 6.16. The average Bonchev–Trinajstić information content (AvgIpc) is 3.33. The highest BCUT2D eigenvalue weighted by Gasteiger charge is 2.17. The van der Waals surface area contributed by atoms with Crippen molar-refractivity contribution in [2.45, 2.75) is 26.8 Å². The van der Waals surface area contributed by atoms with E-state index < -0.39 is 0 Å². The van der Waals surface area contributed by atoms with Crippen LogP contribution in [-0.4, -0.2) is 23.6 Å². The first-order valence-electron chi connectivity index (χ1n) is 11.4. The molecule has 0 atom stereocenters. The molecule has 7 nitrogen and oxygen atoms in total. The molecule has 0 saturated carbocycles. The Morgan fingerprint density at radius 3 is 2.60 bits per heavy atom. The highest BCUT2D eigenvalue weighted by molar-refractivity contribution is 6.04. The van der Waals surface area contributed by atoms with Gasteiger partial charge in [0, 0.05) is 17.6 Å². The predicted octanol–water partition coefficient (Wildman–Crippen LogP) is 4.69. The third-order valence-electron chi connectivity index (χ3n) is 6.16. The summed E-state index contributed by atoms with van der Waals surface area (Å²) in [4.78, 5) is 30.6. The fourth-order valence-electron chi connectivity index (χ4n) is 4.30. The Morgan fingerprint density at radius 1 is 0.943 bits per heavy atom. The first-order valence-corrected chi connectivity index (χ1v) is 11.4. The van der Waals surface area contributed by atoms with Crippen LogP contribution >= 0.6 is 0 Å². The highest BCUT2D eigenvalue weighted by atomic mass is 16.7. The zero-order valence-corrected chi connectivity index (χ0v) is 19.6. The molecule has 0 fully saturated rings. The van der Waals surface area contributed by atoms with Gasteiger partial charge in [-0.1, -0.05) is 36.4 Å². The molecule has 3 aromatic carbocycles. The molecule has 35 heavy (non-hydrogen) atoms. The Hall–Kier alpha value is -4.39. The highest BCUT2D eigenvalue weighted by Crippen LogP contribution is 2.32. The van der Waals surface area contributed by atoms with Crippen molar-refractivity contribution in [1.82, 2.24) is 10.3 Å². The molecule has 5 rings (SSSR count). The number of nitrogens with one attached hydrogen (secondary N) is 2. The largest absolute Gasteiger partial charge is 0.454 e. The van der Waals surface area contributed by atoms with E-state index in [4.69, 9.17) is 9.47 Å². The van der Waals surface area contributed by atoms with Gasteiger partial charge in [0.05, 0.1) is 23.2 Å². The summed E-state index contributed by atoms with van der Waals surface area (Å²) in [5.74, 6) is 0.876. The number of rotatable bonds is 6. The van der Waals surface area contributed by atoms with Crippen LogP contribution < -0.4 is 20.1 Å². The fourth-order valence-corrected chi connectivity index (χ4v) is 4.30. The minimum Gasteiger partial charge on any atom is -0.454 e. The first kappa shape index (κ1) is 22.4. The van der Waals surface area contributed by atoms with Crippen LogP contribution in [0.4, 0.5) is 5.69 Å². The number of para-hydroxylation sites is 2. The molecule has 176 valence electrons. The van der Waals surface area contributed by atoms with Crippen molar-refractivity contribution in [2.24, 2.45) is 0 Å². The summed E-state index contributed by atoms with van der Waals surface area (Å²) in [6.07, 6.45) is 0.169. The number of anilines is 1. The molecular formula is C28H25N3O4. The summed E-state index contributed by atoms with van der Waals surface area (Å²) in [5, 5.41) is 6.85. The van der Waals surface area contributed by atoms with Crippen LogP contribution in [0.15, 0.2) is 66.7 Å². The average molecular weight is 468 g/mol. The number of aryl methyl sites for hydroxylation is 2. The molecule has 0 aliphatic carbocycles. The Balaban J connectivity index is 1.29. The smallest absolute Gasteiger partial charge is 0.253 e. The summed E-state index contributed by atoms with van der Waals surface area (Å²) in [6.45, 7) is 4.45. The van der Waals surface area contributed by atoms with E-state index in [1.54, 1.807) is 24.3 Å². The van der Waals surface area contributed by atoms with Crippen LogP contribution in [0.2, 0.25) is 0 Å². The lowest BCUT2D eigenvalue weighted by Gasteiger charge is -2.14. The van der Waals surface area contributed by atoms with Crippen molar-refractivity contribution in [3.8, 4) is 11.5 Å². The molecule has 0 saturated heterocycles. The molecule has 1 aliphatic rings. The van der Waals surface area contributed by atoms with Crippen LogP contribution in [0.5, 0.6) is 11.5 Å². The maximum atomic E-state index is 13.0. The molecule has 7 heteroatoms. The molecule has 2 amide bonds.